The lowest BCUT2D eigenvalue weighted by Gasteiger charge is -2.17. The number of aromatic nitrogens is 1. The monoisotopic (exact) mass is 397 g/mol. The van der Waals surface area contributed by atoms with Crippen LogP contribution in [0.1, 0.15) is 5.69 Å². The average Bonchev–Trinajstić information content (AvgIpc) is 3.15. The van der Waals surface area contributed by atoms with E-state index in [9.17, 15) is 4.79 Å². The number of nitrogens with one attached hydrogen (secondary N) is 1. The van der Waals surface area contributed by atoms with Crippen LogP contribution in [-0.4, -0.2) is 39.2 Å². The van der Waals surface area contributed by atoms with Crippen molar-refractivity contribution in [1.82, 2.24) is 4.98 Å². The van der Waals surface area contributed by atoms with Crippen molar-refractivity contribution in [3.05, 3.63) is 53.5 Å². The minimum Gasteiger partial charge on any atom is -0.493 e. The fourth-order valence-corrected chi connectivity index (χ4v) is 3.63. The number of anilines is 2. The molecule has 0 bridgehead atoms. The van der Waals surface area contributed by atoms with Gasteiger partial charge in [-0.25, -0.2) is 4.98 Å². The second kappa shape index (κ2) is 8.75. The highest BCUT2D eigenvalue weighted by molar-refractivity contribution is 7.13. The minimum absolute atomic E-state index is 0.0986. The molecule has 0 atom stereocenters. The number of para-hydroxylation sites is 2. The Morgan fingerprint density at radius 3 is 2.57 bits per heavy atom. The van der Waals surface area contributed by atoms with Crippen LogP contribution >= 0.6 is 11.3 Å². The molecule has 1 amide bonds. The first kappa shape index (κ1) is 19.7. The summed E-state index contributed by atoms with van der Waals surface area (Å²) in [6, 6.07) is 13.4. The summed E-state index contributed by atoms with van der Waals surface area (Å²) in [5.74, 6) is 1.22. The molecule has 2 aromatic carbocycles. The minimum atomic E-state index is -0.0986. The molecule has 0 spiro atoms. The molecule has 1 N–H and O–H groups in total. The van der Waals surface area contributed by atoms with Crippen LogP contribution in [0.4, 0.5) is 11.4 Å². The number of amides is 1. The predicted molar refractivity (Wildman–Crippen MR) is 114 cm³/mol. The lowest BCUT2D eigenvalue weighted by atomic mass is 10.2. The smallest absolute Gasteiger partial charge is 0.230 e. The normalized spacial score (nSPS) is 10.4. The van der Waals surface area contributed by atoms with Crippen molar-refractivity contribution in [2.24, 2.45) is 0 Å². The molecule has 0 aliphatic rings. The Hall–Kier alpha value is -3.06. The molecule has 28 heavy (non-hydrogen) atoms. The highest BCUT2D eigenvalue weighted by atomic mass is 32.1. The van der Waals surface area contributed by atoms with Gasteiger partial charge in [0, 0.05) is 25.0 Å². The third kappa shape index (κ3) is 4.43. The first-order valence-corrected chi connectivity index (χ1v) is 9.62. The summed E-state index contributed by atoms with van der Waals surface area (Å²) in [4.78, 5) is 19.1. The first-order chi connectivity index (χ1) is 13.5. The van der Waals surface area contributed by atoms with Gasteiger partial charge in [0.25, 0.3) is 0 Å². The van der Waals surface area contributed by atoms with E-state index in [2.05, 4.69) is 10.3 Å². The van der Waals surface area contributed by atoms with Gasteiger partial charge in [0.05, 0.1) is 37.7 Å². The van der Waals surface area contributed by atoms with E-state index in [4.69, 9.17) is 9.47 Å². The van der Waals surface area contributed by atoms with E-state index in [1.165, 1.54) is 11.3 Å². The summed E-state index contributed by atoms with van der Waals surface area (Å²) >= 11 is 1.50. The lowest BCUT2D eigenvalue weighted by molar-refractivity contribution is -0.115. The van der Waals surface area contributed by atoms with Crippen LogP contribution in [0.5, 0.6) is 11.5 Å². The number of hydrogen-bond donors (Lipinski definition) is 1. The molecule has 6 nitrogen and oxygen atoms in total. The molecule has 0 radical (unpaired) electrons. The van der Waals surface area contributed by atoms with E-state index in [-0.39, 0.29) is 12.3 Å². The van der Waals surface area contributed by atoms with Gasteiger partial charge in [-0.05, 0) is 30.3 Å². The number of ether oxygens (including phenoxy) is 2. The van der Waals surface area contributed by atoms with Gasteiger partial charge in [-0.2, -0.15) is 0 Å². The van der Waals surface area contributed by atoms with Crippen molar-refractivity contribution in [2.45, 2.75) is 6.42 Å². The zero-order chi connectivity index (χ0) is 20.1. The number of thiazole rings is 1. The number of nitrogens with zero attached hydrogens (tertiary/aromatic N) is 2. The molecule has 146 valence electrons. The van der Waals surface area contributed by atoms with Crippen LogP contribution in [-0.2, 0) is 11.2 Å². The molecule has 0 fully saturated rings. The van der Waals surface area contributed by atoms with Crippen LogP contribution in [0.2, 0.25) is 0 Å². The Kier molecular flexibility index (Phi) is 6.16. The van der Waals surface area contributed by atoms with Crippen LogP contribution in [0, 0.1) is 0 Å². The molecule has 0 saturated heterocycles. The summed E-state index contributed by atoms with van der Waals surface area (Å²) in [5.41, 5.74) is 3.40. The van der Waals surface area contributed by atoms with Crippen LogP contribution in [0.3, 0.4) is 0 Å². The maximum Gasteiger partial charge on any atom is 0.230 e. The molecular formula is C21H23N3O3S. The Balaban J connectivity index is 1.72. The van der Waals surface area contributed by atoms with Gasteiger partial charge in [0.15, 0.2) is 11.5 Å². The van der Waals surface area contributed by atoms with Gasteiger partial charge in [0.1, 0.15) is 5.01 Å². The summed E-state index contributed by atoms with van der Waals surface area (Å²) < 4.78 is 10.6. The Morgan fingerprint density at radius 2 is 1.86 bits per heavy atom. The Labute approximate surface area is 168 Å². The number of carbonyl (C=O) groups is 1. The fraction of sp³-hybridized carbons (Fsp3) is 0.238. The fourth-order valence-electron chi connectivity index (χ4n) is 2.82. The van der Waals surface area contributed by atoms with Gasteiger partial charge in [-0.15, -0.1) is 11.3 Å². The molecule has 0 aliphatic heterocycles. The highest BCUT2D eigenvalue weighted by Gasteiger charge is 2.13. The molecule has 1 heterocycles. The number of methoxy groups -OCH3 is 2. The number of benzene rings is 2. The second-order valence-corrected chi connectivity index (χ2v) is 7.21. The molecule has 3 rings (SSSR count). The van der Waals surface area contributed by atoms with Crippen molar-refractivity contribution in [2.75, 3.05) is 38.5 Å². The standard InChI is InChI=1S/C21H23N3O3S/c1-24(2)17-8-6-5-7-16(17)23-20(25)12-15-13-28-21(22-15)14-9-10-18(26-3)19(11-14)27-4/h5-11,13H,12H2,1-4H3,(H,23,25). The van der Waals surface area contributed by atoms with E-state index < -0.39 is 0 Å². The Bertz CT molecular complexity index is 969. The van der Waals surface area contributed by atoms with Crippen LogP contribution in [0.25, 0.3) is 10.6 Å². The molecule has 1 aromatic heterocycles. The van der Waals surface area contributed by atoms with Crippen molar-refractivity contribution in [1.29, 1.82) is 0 Å². The van der Waals surface area contributed by atoms with Crippen molar-refractivity contribution in [3.63, 3.8) is 0 Å². The third-order valence-corrected chi connectivity index (χ3v) is 5.12. The number of hydrogen-bond acceptors (Lipinski definition) is 6. The molecule has 0 aliphatic carbocycles. The van der Waals surface area contributed by atoms with E-state index in [0.29, 0.717) is 11.5 Å². The van der Waals surface area contributed by atoms with Crippen molar-refractivity contribution >= 4 is 28.6 Å². The van der Waals surface area contributed by atoms with Gasteiger partial charge in [-0.3, -0.25) is 4.79 Å². The maximum absolute atomic E-state index is 12.5. The Morgan fingerprint density at radius 1 is 1.11 bits per heavy atom. The van der Waals surface area contributed by atoms with E-state index in [1.807, 2.05) is 66.8 Å². The molecule has 3 aromatic rings. The van der Waals surface area contributed by atoms with Crippen LogP contribution in [0.15, 0.2) is 47.8 Å². The summed E-state index contributed by atoms with van der Waals surface area (Å²) in [6.45, 7) is 0. The van der Waals surface area contributed by atoms with Gasteiger partial charge in [0.2, 0.25) is 5.91 Å². The lowest BCUT2D eigenvalue weighted by Crippen LogP contribution is -2.18. The zero-order valence-corrected chi connectivity index (χ0v) is 17.2. The zero-order valence-electron chi connectivity index (χ0n) is 16.4. The highest BCUT2D eigenvalue weighted by Crippen LogP contribution is 2.33. The molecule has 7 heteroatoms. The number of rotatable bonds is 7. The van der Waals surface area contributed by atoms with Gasteiger partial charge >= 0.3 is 0 Å². The van der Waals surface area contributed by atoms with Crippen molar-refractivity contribution < 1.29 is 14.3 Å². The molecule has 0 unspecified atom stereocenters. The summed E-state index contributed by atoms with van der Waals surface area (Å²) in [6.07, 6.45) is 0.214. The number of carbonyl (C=O) groups excluding carboxylic acids is 1. The van der Waals surface area contributed by atoms with Crippen LogP contribution < -0.4 is 19.7 Å². The predicted octanol–water partition coefficient (Wildman–Crippen LogP) is 4.07. The molecule has 0 saturated carbocycles. The average molecular weight is 398 g/mol. The summed E-state index contributed by atoms with van der Waals surface area (Å²) in [7, 11) is 7.10. The quantitative estimate of drug-likeness (QED) is 0.651. The SMILES string of the molecule is COc1ccc(-c2nc(CC(=O)Nc3ccccc3N(C)C)cs2)cc1OC. The first-order valence-electron chi connectivity index (χ1n) is 8.75. The van der Waals surface area contributed by atoms with Gasteiger partial charge < -0.3 is 19.7 Å². The maximum atomic E-state index is 12.5. The van der Waals surface area contributed by atoms with E-state index >= 15 is 0 Å². The summed E-state index contributed by atoms with van der Waals surface area (Å²) in [5, 5.41) is 5.71. The van der Waals surface area contributed by atoms with Gasteiger partial charge in [-0.1, -0.05) is 12.1 Å². The van der Waals surface area contributed by atoms with E-state index in [1.54, 1.807) is 14.2 Å². The molecular weight excluding hydrogens is 374 g/mol. The van der Waals surface area contributed by atoms with E-state index in [0.717, 1.165) is 27.6 Å². The third-order valence-electron chi connectivity index (χ3n) is 4.18. The second-order valence-electron chi connectivity index (χ2n) is 6.35. The van der Waals surface area contributed by atoms with Crippen molar-refractivity contribution in [3.8, 4) is 22.1 Å². The largest absolute Gasteiger partial charge is 0.493 e. The topological polar surface area (TPSA) is 63.7 Å².